The molecule has 4 N–H and O–H groups in total. The quantitative estimate of drug-likeness (QED) is 0.371. The molecule has 0 bridgehead atoms. The molecule has 38 heavy (non-hydrogen) atoms. The van der Waals surface area contributed by atoms with Gasteiger partial charge in [-0.15, -0.1) is 0 Å². The number of nitrogens with zero attached hydrogens (tertiary/aromatic N) is 3. The van der Waals surface area contributed by atoms with E-state index in [9.17, 15) is 27.1 Å². The Balaban J connectivity index is 1.38. The van der Waals surface area contributed by atoms with Gasteiger partial charge < -0.3 is 15.7 Å². The monoisotopic (exact) mass is 546 g/mol. The highest BCUT2D eigenvalue weighted by Crippen LogP contribution is 2.44. The van der Waals surface area contributed by atoms with E-state index in [0.717, 1.165) is 29.3 Å². The molecule has 0 radical (unpaired) electrons. The number of aromatic nitrogens is 3. The summed E-state index contributed by atoms with van der Waals surface area (Å²) in [4.78, 5) is 17.1. The molecule has 1 saturated carbocycles. The highest BCUT2D eigenvalue weighted by molar-refractivity contribution is 7.89. The van der Waals surface area contributed by atoms with Crippen LogP contribution >= 0.6 is 0 Å². The predicted octanol–water partition coefficient (Wildman–Crippen LogP) is 3.49. The Morgan fingerprint density at radius 1 is 1.13 bits per heavy atom. The molecule has 3 heterocycles. The van der Waals surface area contributed by atoms with Crippen LogP contribution in [-0.4, -0.2) is 51.1 Å². The second-order valence-corrected chi connectivity index (χ2v) is 12.0. The minimum Gasteiger partial charge on any atom is -0.393 e. The number of rotatable bonds is 6. The first-order valence-corrected chi connectivity index (χ1v) is 13.7. The topological polar surface area (TPSA) is 140 Å². The van der Waals surface area contributed by atoms with E-state index in [0.29, 0.717) is 36.0 Å². The Hall–Kier alpha value is -3.42. The van der Waals surface area contributed by atoms with Crippen LogP contribution in [0.1, 0.15) is 61.1 Å². The number of halogens is 2. The van der Waals surface area contributed by atoms with Gasteiger partial charge in [0.2, 0.25) is 10.0 Å². The van der Waals surface area contributed by atoms with Crippen LogP contribution in [0.2, 0.25) is 0 Å². The number of aliphatic hydroxyl groups is 1. The molecule has 2 aromatic heterocycles. The second-order valence-electron chi connectivity index (χ2n) is 10.1. The van der Waals surface area contributed by atoms with E-state index in [-0.39, 0.29) is 30.1 Å². The van der Waals surface area contributed by atoms with Crippen molar-refractivity contribution in [2.75, 3.05) is 10.6 Å². The van der Waals surface area contributed by atoms with Crippen LogP contribution in [0.15, 0.2) is 41.4 Å². The number of aliphatic hydroxyl groups excluding tert-OH is 1. The number of amides is 1. The number of fused-ring (bicyclic) bond motifs is 1. The summed E-state index contributed by atoms with van der Waals surface area (Å²) in [5.74, 6) is -1.94. The Kier molecular flexibility index (Phi) is 6.70. The zero-order chi connectivity index (χ0) is 27.2. The molecule has 1 fully saturated rings. The standard InChI is InChI=1S/C25H28F2N6O4S/c1-25(2)21-20(13-33(25)38(36,37)18-11-14(26)10-15(27)12-18)23(32-31-21)30-24(35)19-4-3-9-28-22(19)29-16-5-7-17(34)8-6-16/h3-4,9-12,16-17,34H,5-8,13H2,1-2H3,(H,28,29)(H2,30,31,32,35). The number of carbonyl (C=O) groups is 1. The van der Waals surface area contributed by atoms with Crippen molar-refractivity contribution < 1.29 is 27.1 Å². The molecule has 2 aliphatic rings. The lowest BCUT2D eigenvalue weighted by Gasteiger charge is -2.30. The molecule has 0 unspecified atom stereocenters. The third-order valence-corrected chi connectivity index (χ3v) is 9.15. The molecule has 3 aromatic rings. The summed E-state index contributed by atoms with van der Waals surface area (Å²) in [6, 6.07) is 5.47. The summed E-state index contributed by atoms with van der Waals surface area (Å²) >= 11 is 0. The van der Waals surface area contributed by atoms with Gasteiger partial charge in [-0.05, 0) is 63.8 Å². The van der Waals surface area contributed by atoms with Crippen molar-refractivity contribution in [3.05, 3.63) is 65.0 Å². The third kappa shape index (κ3) is 4.76. The number of pyridine rings is 1. The van der Waals surface area contributed by atoms with Crippen molar-refractivity contribution in [1.82, 2.24) is 19.5 Å². The van der Waals surface area contributed by atoms with Crippen LogP contribution in [0, 0.1) is 11.6 Å². The normalized spacial score (nSPS) is 21.2. The Labute approximate surface area is 218 Å². The number of benzene rings is 1. The van der Waals surface area contributed by atoms with Crippen LogP contribution in [0.25, 0.3) is 0 Å². The third-order valence-electron chi connectivity index (χ3n) is 7.15. The fraction of sp³-hybridized carbons (Fsp3) is 0.400. The number of hydrogen-bond acceptors (Lipinski definition) is 7. The van der Waals surface area contributed by atoms with Crippen molar-refractivity contribution >= 4 is 27.6 Å². The molecule has 1 aromatic carbocycles. The number of H-pyrrole nitrogens is 1. The van der Waals surface area contributed by atoms with E-state index in [1.54, 1.807) is 32.2 Å². The molecule has 10 nitrogen and oxygen atoms in total. The van der Waals surface area contributed by atoms with Gasteiger partial charge in [0, 0.05) is 30.4 Å². The Morgan fingerprint density at radius 3 is 2.50 bits per heavy atom. The average Bonchev–Trinajstić information content (AvgIpc) is 3.38. The van der Waals surface area contributed by atoms with E-state index in [1.165, 1.54) is 0 Å². The van der Waals surface area contributed by atoms with Crippen LogP contribution in [0.3, 0.4) is 0 Å². The van der Waals surface area contributed by atoms with Crippen molar-refractivity contribution in [3.63, 3.8) is 0 Å². The lowest BCUT2D eigenvalue weighted by molar-refractivity contribution is 0.102. The zero-order valence-electron chi connectivity index (χ0n) is 20.8. The summed E-state index contributed by atoms with van der Waals surface area (Å²) in [6.45, 7) is 3.11. The summed E-state index contributed by atoms with van der Waals surface area (Å²) < 4.78 is 55.4. The van der Waals surface area contributed by atoms with Crippen molar-refractivity contribution in [2.24, 2.45) is 0 Å². The van der Waals surface area contributed by atoms with Crippen LogP contribution in [0.5, 0.6) is 0 Å². The minimum atomic E-state index is -4.30. The summed E-state index contributed by atoms with van der Waals surface area (Å²) in [6.07, 6.45) is 4.10. The fourth-order valence-electron chi connectivity index (χ4n) is 5.08. The lowest BCUT2D eigenvalue weighted by Crippen LogP contribution is -2.40. The predicted molar refractivity (Wildman–Crippen MR) is 135 cm³/mol. The highest BCUT2D eigenvalue weighted by Gasteiger charge is 2.48. The lowest BCUT2D eigenvalue weighted by atomic mass is 9.93. The van der Waals surface area contributed by atoms with E-state index in [4.69, 9.17) is 0 Å². The first-order valence-electron chi connectivity index (χ1n) is 12.2. The molecule has 1 aliphatic carbocycles. The second kappa shape index (κ2) is 9.71. The van der Waals surface area contributed by atoms with E-state index >= 15 is 0 Å². The van der Waals surface area contributed by atoms with Gasteiger partial charge in [-0.25, -0.2) is 22.2 Å². The van der Waals surface area contributed by atoms with Crippen LogP contribution < -0.4 is 10.6 Å². The first kappa shape index (κ1) is 26.2. The van der Waals surface area contributed by atoms with Crippen LogP contribution in [-0.2, 0) is 22.1 Å². The average molecular weight is 547 g/mol. The highest BCUT2D eigenvalue weighted by atomic mass is 32.2. The molecule has 1 amide bonds. The molecule has 5 rings (SSSR count). The zero-order valence-corrected chi connectivity index (χ0v) is 21.6. The largest absolute Gasteiger partial charge is 0.393 e. The van der Waals surface area contributed by atoms with Crippen molar-refractivity contribution in [2.45, 2.75) is 68.7 Å². The van der Waals surface area contributed by atoms with Gasteiger partial charge >= 0.3 is 0 Å². The summed E-state index contributed by atoms with van der Waals surface area (Å²) in [7, 11) is -4.30. The molecular weight excluding hydrogens is 518 g/mol. The fourth-order valence-corrected chi connectivity index (χ4v) is 6.85. The Bertz CT molecular complexity index is 1460. The van der Waals surface area contributed by atoms with Gasteiger partial charge in [0.15, 0.2) is 5.82 Å². The van der Waals surface area contributed by atoms with E-state index in [1.807, 2.05) is 0 Å². The smallest absolute Gasteiger partial charge is 0.260 e. The van der Waals surface area contributed by atoms with Crippen molar-refractivity contribution in [3.8, 4) is 0 Å². The number of anilines is 2. The summed E-state index contributed by atoms with van der Waals surface area (Å²) in [5.41, 5.74) is 0.0498. The maximum atomic E-state index is 13.8. The van der Waals surface area contributed by atoms with Gasteiger partial charge in [0.25, 0.3) is 5.91 Å². The number of hydrogen-bond donors (Lipinski definition) is 4. The molecule has 0 saturated heterocycles. The molecule has 202 valence electrons. The van der Waals surface area contributed by atoms with Crippen molar-refractivity contribution in [1.29, 1.82) is 0 Å². The van der Waals surface area contributed by atoms with E-state index in [2.05, 4.69) is 25.8 Å². The molecule has 0 atom stereocenters. The maximum Gasteiger partial charge on any atom is 0.260 e. The first-order chi connectivity index (χ1) is 18.0. The SMILES string of the molecule is CC1(C)c2[nH]nc(NC(=O)c3cccnc3NC3CCC(O)CC3)c2CN1S(=O)(=O)c1cc(F)cc(F)c1. The molecule has 1 aliphatic heterocycles. The van der Waals surface area contributed by atoms with Gasteiger partial charge in [0.05, 0.1) is 27.8 Å². The molecule has 13 heteroatoms. The minimum absolute atomic E-state index is 0.0710. The number of nitrogens with one attached hydrogen (secondary N) is 3. The van der Waals surface area contributed by atoms with Gasteiger partial charge in [0.1, 0.15) is 17.5 Å². The number of carbonyl (C=O) groups excluding carboxylic acids is 1. The Morgan fingerprint density at radius 2 is 1.82 bits per heavy atom. The number of sulfonamides is 1. The molecule has 0 spiro atoms. The maximum absolute atomic E-state index is 13.8. The van der Waals surface area contributed by atoms with Crippen LogP contribution in [0.4, 0.5) is 20.4 Å². The van der Waals surface area contributed by atoms with Gasteiger partial charge in [-0.2, -0.15) is 9.40 Å². The van der Waals surface area contributed by atoms with E-state index < -0.39 is 38.0 Å². The number of aromatic amines is 1. The summed E-state index contributed by atoms with van der Waals surface area (Å²) in [5, 5.41) is 22.8. The molecular formula is C25H28F2N6O4S. The van der Waals surface area contributed by atoms with Gasteiger partial charge in [-0.3, -0.25) is 9.89 Å². The van der Waals surface area contributed by atoms with Gasteiger partial charge in [-0.1, -0.05) is 0 Å².